The zero-order valence-corrected chi connectivity index (χ0v) is 14.4. The van der Waals surface area contributed by atoms with Crippen LogP contribution in [0.15, 0.2) is 36.4 Å². The Morgan fingerprint density at radius 2 is 1.96 bits per heavy atom. The smallest absolute Gasteiger partial charge is 0.330 e. The summed E-state index contributed by atoms with van der Waals surface area (Å²) < 4.78 is 4.84. The maximum absolute atomic E-state index is 12.2. The second kappa shape index (κ2) is 10.2. The molecular weight excluding hydrogens is 308 g/mol. The fourth-order valence-electron chi connectivity index (χ4n) is 2.05. The number of para-hydroxylation sites is 1. The summed E-state index contributed by atoms with van der Waals surface area (Å²) in [6, 6.07) is 7.42. The molecule has 0 atom stereocenters. The Kier molecular flexibility index (Phi) is 8.25. The van der Waals surface area contributed by atoms with Crippen LogP contribution in [0.3, 0.4) is 0 Å². The quantitative estimate of drug-likeness (QED) is 0.585. The normalized spacial score (nSPS) is 10.5. The number of nitrogens with zero attached hydrogens (tertiary/aromatic N) is 1. The summed E-state index contributed by atoms with van der Waals surface area (Å²) in [5.41, 5.74) is 1.66. The number of carbonyl (C=O) groups excluding carboxylic acids is 3. The van der Waals surface area contributed by atoms with Crippen LogP contribution in [0, 0.1) is 6.92 Å². The molecule has 6 heteroatoms. The fourth-order valence-corrected chi connectivity index (χ4v) is 2.05. The summed E-state index contributed by atoms with van der Waals surface area (Å²) in [5, 5.41) is 2.79. The second-order valence-corrected chi connectivity index (χ2v) is 5.29. The van der Waals surface area contributed by atoms with Crippen LogP contribution in [0.1, 0.15) is 25.8 Å². The lowest BCUT2D eigenvalue weighted by Gasteiger charge is -2.21. The van der Waals surface area contributed by atoms with Crippen molar-refractivity contribution in [3.63, 3.8) is 0 Å². The van der Waals surface area contributed by atoms with E-state index in [1.54, 1.807) is 13.0 Å². The Hall–Kier alpha value is -2.63. The predicted molar refractivity (Wildman–Crippen MR) is 92.5 cm³/mol. The van der Waals surface area contributed by atoms with Crippen molar-refractivity contribution >= 4 is 23.5 Å². The Morgan fingerprint density at radius 1 is 1.25 bits per heavy atom. The van der Waals surface area contributed by atoms with E-state index in [9.17, 15) is 14.4 Å². The third-order valence-electron chi connectivity index (χ3n) is 3.24. The number of hydrogen-bond donors (Lipinski definition) is 1. The van der Waals surface area contributed by atoms with Crippen LogP contribution in [0.25, 0.3) is 0 Å². The van der Waals surface area contributed by atoms with Gasteiger partial charge in [0.05, 0.1) is 6.54 Å². The third-order valence-corrected chi connectivity index (χ3v) is 3.24. The molecule has 0 aromatic heterocycles. The topological polar surface area (TPSA) is 75.7 Å². The molecule has 0 unspecified atom stereocenters. The first kappa shape index (κ1) is 19.4. The Morgan fingerprint density at radius 3 is 2.58 bits per heavy atom. The average Bonchev–Trinajstić information content (AvgIpc) is 2.54. The molecule has 0 spiro atoms. The van der Waals surface area contributed by atoms with Crippen LogP contribution >= 0.6 is 0 Å². The summed E-state index contributed by atoms with van der Waals surface area (Å²) in [7, 11) is 0. The zero-order chi connectivity index (χ0) is 17.9. The van der Waals surface area contributed by atoms with Gasteiger partial charge in [-0.15, -0.1) is 0 Å². The lowest BCUT2D eigenvalue weighted by molar-refractivity contribution is -0.148. The first-order valence-corrected chi connectivity index (χ1v) is 7.90. The minimum Gasteiger partial charge on any atom is -0.452 e. The average molecular weight is 332 g/mol. The van der Waals surface area contributed by atoms with Gasteiger partial charge in [-0.05, 0) is 31.9 Å². The molecule has 0 saturated carbocycles. The molecule has 0 bridgehead atoms. The molecule has 0 heterocycles. The van der Waals surface area contributed by atoms with Gasteiger partial charge in [-0.1, -0.05) is 31.2 Å². The van der Waals surface area contributed by atoms with E-state index >= 15 is 0 Å². The van der Waals surface area contributed by atoms with Crippen LogP contribution in [-0.4, -0.2) is 42.4 Å². The lowest BCUT2D eigenvalue weighted by Crippen LogP contribution is -2.40. The Labute approximate surface area is 142 Å². The molecule has 0 aliphatic carbocycles. The third kappa shape index (κ3) is 6.64. The summed E-state index contributed by atoms with van der Waals surface area (Å²) in [5.74, 6) is -1.26. The van der Waals surface area contributed by atoms with E-state index in [0.717, 1.165) is 5.56 Å². The van der Waals surface area contributed by atoms with Gasteiger partial charge in [0.2, 0.25) is 5.91 Å². The first-order valence-electron chi connectivity index (χ1n) is 7.90. The van der Waals surface area contributed by atoms with Crippen molar-refractivity contribution in [2.45, 2.75) is 27.2 Å². The molecule has 1 rings (SSSR count). The van der Waals surface area contributed by atoms with Crippen molar-refractivity contribution in [3.8, 4) is 0 Å². The monoisotopic (exact) mass is 332 g/mol. The summed E-state index contributed by atoms with van der Waals surface area (Å²) in [4.78, 5) is 37.0. The number of amides is 2. The molecule has 0 aliphatic heterocycles. The van der Waals surface area contributed by atoms with E-state index in [1.807, 2.05) is 32.0 Å². The predicted octanol–water partition coefficient (Wildman–Crippen LogP) is 2.29. The highest BCUT2D eigenvalue weighted by Gasteiger charge is 2.18. The number of carbonyl (C=O) groups is 3. The van der Waals surface area contributed by atoms with E-state index < -0.39 is 11.9 Å². The number of allylic oxidation sites excluding steroid dienone is 1. The Balaban J connectivity index is 2.61. The molecule has 24 heavy (non-hydrogen) atoms. The molecule has 1 N–H and O–H groups in total. The van der Waals surface area contributed by atoms with Gasteiger partial charge in [-0.3, -0.25) is 9.59 Å². The van der Waals surface area contributed by atoms with Crippen LogP contribution in [0.2, 0.25) is 0 Å². The maximum Gasteiger partial charge on any atom is 0.330 e. The number of benzene rings is 1. The molecule has 6 nitrogen and oxygen atoms in total. The van der Waals surface area contributed by atoms with Crippen LogP contribution in [-0.2, 0) is 19.1 Å². The second-order valence-electron chi connectivity index (χ2n) is 5.29. The highest BCUT2D eigenvalue weighted by Crippen LogP contribution is 2.13. The van der Waals surface area contributed by atoms with Crippen molar-refractivity contribution in [1.29, 1.82) is 0 Å². The Bertz CT molecular complexity index is 611. The number of aryl methyl sites for hydroxylation is 1. The van der Waals surface area contributed by atoms with Crippen molar-refractivity contribution in [3.05, 3.63) is 42.0 Å². The number of esters is 1. The highest BCUT2D eigenvalue weighted by atomic mass is 16.5. The molecule has 0 fully saturated rings. The van der Waals surface area contributed by atoms with E-state index in [1.165, 1.54) is 17.1 Å². The van der Waals surface area contributed by atoms with Crippen molar-refractivity contribution < 1.29 is 19.1 Å². The summed E-state index contributed by atoms with van der Waals surface area (Å²) in [6.07, 6.45) is 3.47. The number of hydrogen-bond acceptors (Lipinski definition) is 4. The summed E-state index contributed by atoms with van der Waals surface area (Å²) >= 11 is 0. The van der Waals surface area contributed by atoms with Gasteiger partial charge < -0.3 is 15.0 Å². The fraction of sp³-hybridized carbons (Fsp3) is 0.389. The number of ether oxygens (including phenoxy) is 1. The molecule has 0 aliphatic rings. The molecule has 0 radical (unpaired) electrons. The largest absolute Gasteiger partial charge is 0.452 e. The van der Waals surface area contributed by atoms with Gasteiger partial charge in [0.15, 0.2) is 6.61 Å². The van der Waals surface area contributed by atoms with Gasteiger partial charge in [0, 0.05) is 18.3 Å². The highest BCUT2D eigenvalue weighted by molar-refractivity contribution is 5.95. The van der Waals surface area contributed by atoms with E-state index in [-0.39, 0.29) is 19.1 Å². The van der Waals surface area contributed by atoms with E-state index in [4.69, 9.17) is 4.74 Å². The van der Waals surface area contributed by atoms with Crippen LogP contribution < -0.4 is 5.32 Å². The summed E-state index contributed by atoms with van der Waals surface area (Å²) in [6.45, 7) is 5.45. The van der Waals surface area contributed by atoms with Gasteiger partial charge >= 0.3 is 5.97 Å². The van der Waals surface area contributed by atoms with Crippen LogP contribution in [0.4, 0.5) is 5.69 Å². The maximum atomic E-state index is 12.2. The molecule has 1 aromatic carbocycles. The minimum absolute atomic E-state index is 0.0812. The molecular formula is C18H24N2O4. The SMILES string of the molecule is C/C=C/C(=O)OCC(=O)N(CCC)CC(=O)Nc1ccccc1C. The van der Waals surface area contributed by atoms with Gasteiger partial charge in [-0.25, -0.2) is 4.79 Å². The lowest BCUT2D eigenvalue weighted by atomic mass is 10.2. The molecule has 2 amide bonds. The number of anilines is 1. The van der Waals surface area contributed by atoms with E-state index in [0.29, 0.717) is 18.7 Å². The van der Waals surface area contributed by atoms with Gasteiger partial charge in [-0.2, -0.15) is 0 Å². The molecule has 1 aromatic rings. The van der Waals surface area contributed by atoms with Gasteiger partial charge in [0.25, 0.3) is 5.91 Å². The van der Waals surface area contributed by atoms with Crippen molar-refractivity contribution in [2.24, 2.45) is 0 Å². The first-order chi connectivity index (χ1) is 11.5. The van der Waals surface area contributed by atoms with Crippen molar-refractivity contribution in [1.82, 2.24) is 4.90 Å². The van der Waals surface area contributed by atoms with Gasteiger partial charge in [0.1, 0.15) is 0 Å². The minimum atomic E-state index is -0.577. The van der Waals surface area contributed by atoms with Crippen LogP contribution in [0.5, 0.6) is 0 Å². The van der Waals surface area contributed by atoms with E-state index in [2.05, 4.69) is 5.32 Å². The molecule has 130 valence electrons. The zero-order valence-electron chi connectivity index (χ0n) is 14.4. The van der Waals surface area contributed by atoms with Crippen molar-refractivity contribution in [2.75, 3.05) is 25.0 Å². The molecule has 0 saturated heterocycles. The number of nitrogens with one attached hydrogen (secondary N) is 1. The standard InChI is InChI=1S/C18H24N2O4/c1-4-8-18(23)24-13-17(22)20(11-5-2)12-16(21)19-15-10-7-6-9-14(15)3/h4,6-10H,5,11-13H2,1-3H3,(H,19,21)/b8-4+. The number of rotatable bonds is 8.